The standard InChI is InChI=1S/2C11H12.C10H10.CH3I.Li/c1-11(2)8-7-9-5-3-4-6-10(9)11;1-8-7-9(2)11-6-4-3-5-10(8)11;1-8-6-7-9-4-2-3-5-10(8)9;1-2;/h2*3-8H,1-2H3;2-8H,1H3;1H3;/q;;;;+1. The van der Waals surface area contributed by atoms with E-state index in [-0.39, 0.29) is 24.3 Å². The third-order valence-electron chi connectivity index (χ3n) is 6.76. The first-order chi connectivity index (χ1) is 16.4. The van der Waals surface area contributed by atoms with Crippen LogP contribution in [0.25, 0.3) is 17.7 Å². The van der Waals surface area contributed by atoms with Gasteiger partial charge in [0.25, 0.3) is 0 Å². The number of hydrogen-bond acceptors (Lipinski definition) is 0. The van der Waals surface area contributed by atoms with Crippen LogP contribution in [0.1, 0.15) is 79.8 Å². The van der Waals surface area contributed by atoms with Crippen molar-refractivity contribution >= 4 is 40.3 Å². The van der Waals surface area contributed by atoms with E-state index in [0.717, 1.165) is 0 Å². The van der Waals surface area contributed by atoms with E-state index >= 15 is 0 Å². The summed E-state index contributed by atoms with van der Waals surface area (Å²) in [6, 6.07) is 25.7. The molecule has 0 aromatic heterocycles. The van der Waals surface area contributed by atoms with Gasteiger partial charge in [-0.05, 0) is 56.7 Å². The Bertz CT molecular complexity index is 1200. The van der Waals surface area contributed by atoms with E-state index in [0.29, 0.717) is 11.8 Å². The molecule has 0 heterocycles. The molecule has 0 nitrogen and oxygen atoms in total. The number of halogens is 1. The fourth-order valence-electron chi connectivity index (χ4n) is 4.85. The molecular formula is C33H37ILi+. The fraction of sp³-hybridized carbons (Fsp3) is 0.273. The van der Waals surface area contributed by atoms with Crippen molar-refractivity contribution < 1.29 is 18.9 Å². The summed E-state index contributed by atoms with van der Waals surface area (Å²) < 4.78 is 0. The molecule has 0 saturated heterocycles. The van der Waals surface area contributed by atoms with Crippen LogP contribution in [0.4, 0.5) is 0 Å². The van der Waals surface area contributed by atoms with E-state index in [2.05, 4.69) is 160 Å². The first-order valence-electron chi connectivity index (χ1n) is 12.1. The Morgan fingerprint density at radius 2 is 1.26 bits per heavy atom. The van der Waals surface area contributed by atoms with Gasteiger partial charge in [0.15, 0.2) is 0 Å². The molecule has 0 amide bonds. The average Bonchev–Trinajstić information content (AvgIpc) is 3.50. The van der Waals surface area contributed by atoms with Crippen molar-refractivity contribution in [3.05, 3.63) is 124 Å². The average molecular weight is 568 g/mol. The van der Waals surface area contributed by atoms with E-state index < -0.39 is 0 Å². The summed E-state index contributed by atoms with van der Waals surface area (Å²) in [7, 11) is 0. The summed E-state index contributed by atoms with van der Waals surface area (Å²) in [5, 5.41) is 0. The molecule has 176 valence electrons. The Balaban J connectivity index is 0.000000176. The molecule has 2 unspecified atom stereocenters. The smallest absolute Gasteiger partial charge is 0.0901 e. The van der Waals surface area contributed by atoms with Crippen molar-refractivity contribution in [2.24, 2.45) is 0 Å². The van der Waals surface area contributed by atoms with Crippen molar-refractivity contribution in [3.63, 3.8) is 0 Å². The summed E-state index contributed by atoms with van der Waals surface area (Å²) >= 11 is 2.15. The molecule has 0 spiro atoms. The number of allylic oxidation sites excluding steroid dienone is 4. The molecule has 0 aliphatic heterocycles. The van der Waals surface area contributed by atoms with Crippen molar-refractivity contribution in [1.29, 1.82) is 0 Å². The first-order valence-corrected chi connectivity index (χ1v) is 14.2. The Morgan fingerprint density at radius 1 is 0.686 bits per heavy atom. The molecular weight excluding hydrogens is 530 g/mol. The molecule has 0 radical (unpaired) electrons. The van der Waals surface area contributed by atoms with Gasteiger partial charge in [-0.1, -0.05) is 153 Å². The Labute approximate surface area is 239 Å². The maximum atomic E-state index is 2.32. The minimum atomic E-state index is 0. The third-order valence-corrected chi connectivity index (χ3v) is 6.76. The number of alkyl halides is 1. The Morgan fingerprint density at radius 3 is 1.89 bits per heavy atom. The van der Waals surface area contributed by atoms with Gasteiger partial charge in [-0.25, -0.2) is 0 Å². The zero-order chi connectivity index (χ0) is 24.7. The van der Waals surface area contributed by atoms with E-state index in [9.17, 15) is 0 Å². The minimum Gasteiger partial charge on any atom is -0.0901 e. The molecule has 3 aromatic rings. The molecule has 0 bridgehead atoms. The van der Waals surface area contributed by atoms with Crippen LogP contribution in [0.3, 0.4) is 0 Å². The van der Waals surface area contributed by atoms with Crippen LogP contribution >= 0.6 is 22.6 Å². The SMILES string of the molecule is CC1(C)C=Cc2ccccc21.CC1=CC(C)c2ccccc21.CC1C=Cc2ccccc21.CI.[Li+]. The van der Waals surface area contributed by atoms with Crippen LogP contribution < -0.4 is 18.9 Å². The molecule has 0 fully saturated rings. The van der Waals surface area contributed by atoms with Gasteiger partial charge in [0, 0.05) is 11.3 Å². The number of benzene rings is 3. The largest absolute Gasteiger partial charge is 1.00 e. The molecule has 3 aromatic carbocycles. The third kappa shape index (κ3) is 7.13. The summed E-state index contributed by atoms with van der Waals surface area (Å²) in [6.07, 6.45) is 11.2. The molecule has 35 heavy (non-hydrogen) atoms. The molecule has 3 aliphatic carbocycles. The summed E-state index contributed by atoms with van der Waals surface area (Å²) in [4.78, 5) is 1.97. The maximum absolute atomic E-state index is 2.32. The van der Waals surface area contributed by atoms with Crippen molar-refractivity contribution in [1.82, 2.24) is 0 Å². The van der Waals surface area contributed by atoms with Crippen molar-refractivity contribution in [2.75, 3.05) is 4.93 Å². The van der Waals surface area contributed by atoms with Gasteiger partial charge >= 0.3 is 18.9 Å². The van der Waals surface area contributed by atoms with Gasteiger partial charge in [0.2, 0.25) is 0 Å². The van der Waals surface area contributed by atoms with Crippen LogP contribution in [-0.2, 0) is 5.41 Å². The van der Waals surface area contributed by atoms with Gasteiger partial charge in [0.1, 0.15) is 0 Å². The van der Waals surface area contributed by atoms with Gasteiger partial charge < -0.3 is 0 Å². The van der Waals surface area contributed by atoms with Crippen LogP contribution in [0.2, 0.25) is 0 Å². The molecule has 0 saturated carbocycles. The predicted octanol–water partition coefficient (Wildman–Crippen LogP) is 7.07. The first kappa shape index (κ1) is 29.4. The van der Waals surface area contributed by atoms with Gasteiger partial charge in [-0.2, -0.15) is 0 Å². The van der Waals surface area contributed by atoms with E-state index in [1.807, 2.05) is 4.93 Å². The minimum absolute atomic E-state index is 0. The summed E-state index contributed by atoms with van der Waals surface area (Å²) in [5.74, 6) is 1.24. The maximum Gasteiger partial charge on any atom is 1.00 e. The van der Waals surface area contributed by atoms with Crippen LogP contribution in [0.15, 0.2) is 91.0 Å². The second-order valence-electron chi connectivity index (χ2n) is 9.64. The normalized spacial score (nSPS) is 18.7. The second kappa shape index (κ2) is 13.5. The Kier molecular flexibility index (Phi) is 11.4. The van der Waals surface area contributed by atoms with Crippen molar-refractivity contribution in [2.45, 2.75) is 51.9 Å². The van der Waals surface area contributed by atoms with E-state index in [4.69, 9.17) is 0 Å². The topological polar surface area (TPSA) is 0 Å². The molecule has 2 heteroatoms. The molecule has 2 atom stereocenters. The van der Waals surface area contributed by atoms with Gasteiger partial charge in [0.05, 0.1) is 0 Å². The fourth-order valence-corrected chi connectivity index (χ4v) is 4.85. The zero-order valence-corrected chi connectivity index (χ0v) is 24.5. The Hall–Kier alpha value is -1.79. The van der Waals surface area contributed by atoms with E-state index in [1.165, 1.54) is 39.0 Å². The molecule has 6 rings (SSSR count). The van der Waals surface area contributed by atoms with Gasteiger partial charge in [-0.15, -0.1) is 0 Å². The zero-order valence-electron chi connectivity index (χ0n) is 22.3. The van der Waals surface area contributed by atoms with Crippen LogP contribution in [0.5, 0.6) is 0 Å². The van der Waals surface area contributed by atoms with Crippen molar-refractivity contribution in [3.8, 4) is 0 Å². The quantitative estimate of drug-likeness (QED) is 0.155. The number of rotatable bonds is 0. The number of hydrogen-bond donors (Lipinski definition) is 0. The predicted molar refractivity (Wildman–Crippen MR) is 161 cm³/mol. The van der Waals surface area contributed by atoms with E-state index in [1.54, 1.807) is 0 Å². The summed E-state index contributed by atoms with van der Waals surface area (Å²) in [5.41, 5.74) is 10.2. The monoisotopic (exact) mass is 567 g/mol. The van der Waals surface area contributed by atoms with Crippen LogP contribution in [0, 0.1) is 0 Å². The van der Waals surface area contributed by atoms with Gasteiger partial charge in [-0.3, -0.25) is 0 Å². The molecule has 3 aliphatic rings. The summed E-state index contributed by atoms with van der Waals surface area (Å²) in [6.45, 7) is 11.1. The number of fused-ring (bicyclic) bond motifs is 3. The second-order valence-corrected chi connectivity index (χ2v) is 9.64. The molecule has 0 N–H and O–H groups in total. The van der Waals surface area contributed by atoms with Crippen LogP contribution in [-0.4, -0.2) is 4.93 Å².